The maximum absolute atomic E-state index is 12.5. The van der Waals surface area contributed by atoms with Crippen LogP contribution in [0.25, 0.3) is 0 Å². The number of carbonyl (C=O) groups excluding carboxylic acids is 5. The summed E-state index contributed by atoms with van der Waals surface area (Å²) >= 11 is 0. The lowest BCUT2D eigenvalue weighted by atomic mass is 10.1. The van der Waals surface area contributed by atoms with Crippen LogP contribution >= 0.6 is 0 Å². The molecule has 0 atom stereocenters. The molecule has 0 bridgehead atoms. The molecule has 0 aromatic heterocycles. The minimum absolute atomic E-state index is 0.00505. The zero-order valence-corrected chi connectivity index (χ0v) is 30.2. The van der Waals surface area contributed by atoms with E-state index in [0.29, 0.717) is 30.9 Å². The van der Waals surface area contributed by atoms with E-state index in [2.05, 4.69) is 10.6 Å². The molecule has 4 aromatic carbocycles. The fraction of sp³-hybridized carbons (Fsp3) is 0.275. The zero-order chi connectivity index (χ0) is 39.5. The molecule has 0 heterocycles. The zero-order valence-electron chi connectivity index (χ0n) is 30.2. The number of para-hydroxylation sites is 2. The second-order valence-corrected chi connectivity index (χ2v) is 11.9. The molecule has 4 aromatic rings. The van der Waals surface area contributed by atoms with E-state index in [1.54, 1.807) is 51.5 Å². The third kappa shape index (κ3) is 13.5. The number of nitrogens with zero attached hydrogens (tertiary/aromatic N) is 2. The molecular weight excluding hydrogens is 701 g/mol. The molecule has 0 radical (unpaired) electrons. The molecule has 14 heteroatoms. The van der Waals surface area contributed by atoms with Gasteiger partial charge in [0.25, 0.3) is 0 Å². The van der Waals surface area contributed by atoms with Crippen LogP contribution in [0.4, 0.5) is 34.1 Å². The number of Topliss-reactive ketones (excluding diaryl/α,β-unsaturated/α-hetero) is 2. The second-order valence-electron chi connectivity index (χ2n) is 11.9. The first-order chi connectivity index (χ1) is 25.9. The maximum Gasteiger partial charge on any atom is 0.471 e. The summed E-state index contributed by atoms with van der Waals surface area (Å²) in [6, 6.07) is 31.5. The van der Waals surface area contributed by atoms with Gasteiger partial charge in [-0.3, -0.25) is 24.2 Å². The molecule has 0 fully saturated rings. The molecule has 0 saturated carbocycles. The van der Waals surface area contributed by atoms with Crippen molar-refractivity contribution in [3.05, 3.63) is 131 Å². The van der Waals surface area contributed by atoms with E-state index >= 15 is 0 Å². The van der Waals surface area contributed by atoms with Crippen molar-refractivity contribution in [2.45, 2.75) is 46.0 Å². The molecule has 54 heavy (non-hydrogen) atoms. The van der Waals surface area contributed by atoms with Gasteiger partial charge in [0.15, 0.2) is 11.6 Å². The summed E-state index contributed by atoms with van der Waals surface area (Å²) in [4.78, 5) is 62.7. The fourth-order valence-corrected chi connectivity index (χ4v) is 4.87. The fourth-order valence-electron chi connectivity index (χ4n) is 4.87. The number of hydrogen-bond acceptors (Lipinski definition) is 6. The summed E-state index contributed by atoms with van der Waals surface area (Å²) in [6.07, 6.45) is -3.37. The van der Waals surface area contributed by atoms with Crippen molar-refractivity contribution in [3.8, 4) is 0 Å². The van der Waals surface area contributed by atoms with Gasteiger partial charge in [0.05, 0.1) is 26.2 Å². The highest BCUT2D eigenvalue weighted by atomic mass is 19.4. The molecule has 0 spiro atoms. The predicted octanol–water partition coefficient (Wildman–Crippen LogP) is 6.63. The topological polar surface area (TPSA) is 154 Å². The average Bonchev–Trinajstić information content (AvgIpc) is 3.19. The Bertz CT molecular complexity index is 1810. The summed E-state index contributed by atoms with van der Waals surface area (Å²) in [7, 11) is 0. The Hall–Kier alpha value is -6.02. The van der Waals surface area contributed by atoms with Gasteiger partial charge >= 0.3 is 24.1 Å². The molecule has 286 valence electrons. The van der Waals surface area contributed by atoms with Crippen molar-refractivity contribution < 1.29 is 37.1 Å². The Morgan fingerprint density at radius 2 is 0.963 bits per heavy atom. The molecule has 0 aliphatic rings. The predicted molar refractivity (Wildman–Crippen MR) is 202 cm³/mol. The van der Waals surface area contributed by atoms with Crippen LogP contribution in [0.3, 0.4) is 0 Å². The molecule has 5 N–H and O–H groups in total. The number of anilines is 2. The number of urea groups is 2. The van der Waals surface area contributed by atoms with E-state index in [9.17, 15) is 37.1 Å². The van der Waals surface area contributed by atoms with E-state index in [-0.39, 0.29) is 36.5 Å². The first-order valence-corrected chi connectivity index (χ1v) is 17.4. The number of nitrogens with one attached hydrogen (secondary N) is 3. The summed E-state index contributed by atoms with van der Waals surface area (Å²) in [6.45, 7) is 5.02. The summed E-state index contributed by atoms with van der Waals surface area (Å²) in [5.41, 5.74) is 9.31. The quantitative estimate of drug-likeness (QED) is 0.100. The van der Waals surface area contributed by atoms with Crippen LogP contribution in [0.1, 0.15) is 58.5 Å². The van der Waals surface area contributed by atoms with Crippen molar-refractivity contribution in [1.29, 1.82) is 0 Å². The lowest BCUT2D eigenvalue weighted by Crippen LogP contribution is -2.40. The normalized spacial score (nSPS) is 10.6. The van der Waals surface area contributed by atoms with Gasteiger partial charge in [0.1, 0.15) is 0 Å². The summed E-state index contributed by atoms with van der Waals surface area (Å²) in [5.74, 6) is -2.91. The summed E-state index contributed by atoms with van der Waals surface area (Å²) < 4.78 is 36.6. The number of rotatable bonds is 15. The van der Waals surface area contributed by atoms with Crippen LogP contribution in [-0.2, 0) is 17.9 Å². The number of carbonyl (C=O) groups is 5. The number of nitrogens with two attached hydrogens (primary N) is 1. The van der Waals surface area contributed by atoms with Crippen molar-refractivity contribution in [2.75, 3.05) is 36.0 Å². The van der Waals surface area contributed by atoms with E-state index in [4.69, 9.17) is 5.73 Å². The Morgan fingerprint density at radius 3 is 1.31 bits per heavy atom. The van der Waals surface area contributed by atoms with Gasteiger partial charge in [-0.2, -0.15) is 13.2 Å². The minimum atomic E-state index is -5.04. The van der Waals surface area contributed by atoms with E-state index in [0.717, 1.165) is 29.7 Å². The number of halogens is 3. The van der Waals surface area contributed by atoms with Gasteiger partial charge in [-0.1, -0.05) is 98.8 Å². The third-order valence-electron chi connectivity index (χ3n) is 7.76. The van der Waals surface area contributed by atoms with Crippen molar-refractivity contribution in [2.24, 2.45) is 5.73 Å². The minimum Gasteiger partial charge on any atom is -0.341 e. The van der Waals surface area contributed by atoms with E-state index in [1.165, 1.54) is 12.1 Å². The molecule has 11 nitrogen and oxygen atoms in total. The monoisotopic (exact) mass is 746 g/mol. The van der Waals surface area contributed by atoms with Crippen LogP contribution in [0.15, 0.2) is 109 Å². The van der Waals surface area contributed by atoms with Gasteiger partial charge in [0.2, 0.25) is 0 Å². The van der Waals surface area contributed by atoms with E-state index in [1.807, 2.05) is 74.5 Å². The number of benzene rings is 4. The Labute approximate surface area is 312 Å². The molecule has 0 saturated heterocycles. The van der Waals surface area contributed by atoms with Crippen LogP contribution in [0.2, 0.25) is 0 Å². The highest BCUT2D eigenvalue weighted by Crippen LogP contribution is 2.20. The average molecular weight is 747 g/mol. The molecule has 0 aliphatic heterocycles. The number of hydrogen-bond donors (Lipinski definition) is 4. The summed E-state index contributed by atoms with van der Waals surface area (Å²) in [5, 5.41) is 7.28. The van der Waals surface area contributed by atoms with Crippen molar-refractivity contribution >= 4 is 40.9 Å². The third-order valence-corrected chi connectivity index (χ3v) is 7.76. The van der Waals surface area contributed by atoms with E-state index < -0.39 is 24.4 Å². The molecular formula is C40H45F3N6O5. The second kappa shape index (κ2) is 21.5. The smallest absolute Gasteiger partial charge is 0.341 e. The SMILES string of the molecule is CCCNC(=O)N(Cc1ccc(C(=O)CN)cc1)c1ccccc1.CCCNC(=O)N(Cc1ccc(C(=O)CNC(=O)C(F)(F)F)cc1)c1ccccc1. The lowest BCUT2D eigenvalue weighted by molar-refractivity contribution is -0.173. The highest BCUT2D eigenvalue weighted by molar-refractivity contribution is 6.00. The Kier molecular flexibility index (Phi) is 16.9. The van der Waals surface area contributed by atoms with Crippen molar-refractivity contribution in [3.63, 3.8) is 0 Å². The Morgan fingerprint density at radius 1 is 0.574 bits per heavy atom. The molecule has 4 rings (SSSR count). The number of amides is 5. The van der Waals surface area contributed by atoms with Crippen LogP contribution in [0, 0.1) is 0 Å². The number of ketones is 2. The van der Waals surface area contributed by atoms with Gasteiger partial charge in [-0.05, 0) is 48.2 Å². The Balaban J connectivity index is 0.000000297. The largest absolute Gasteiger partial charge is 0.471 e. The number of alkyl halides is 3. The van der Waals surface area contributed by atoms with Gasteiger partial charge in [-0.25, -0.2) is 9.59 Å². The van der Waals surface area contributed by atoms with Crippen LogP contribution < -0.4 is 31.5 Å². The lowest BCUT2D eigenvalue weighted by Gasteiger charge is -2.23. The van der Waals surface area contributed by atoms with Gasteiger partial charge < -0.3 is 21.7 Å². The molecule has 0 aliphatic carbocycles. The maximum atomic E-state index is 12.5. The standard InChI is InChI=1S/C21H22F3N3O3.C19H23N3O2/c1-2-12-25-20(30)27(17-6-4-3-5-7-17)14-15-8-10-16(11-9-15)18(28)13-26-19(29)21(22,23)24;1-2-12-21-19(24)22(17-6-4-3-5-7-17)14-15-8-10-16(11-9-15)18(23)13-20/h3-11H,2,12-14H2,1H3,(H,25,30)(H,26,29);3-11H,2,12-14,20H2,1H3,(H,21,24). The van der Waals surface area contributed by atoms with Gasteiger partial charge in [-0.15, -0.1) is 0 Å². The van der Waals surface area contributed by atoms with Crippen LogP contribution in [-0.4, -0.2) is 61.9 Å². The first-order valence-electron chi connectivity index (χ1n) is 17.4. The van der Waals surface area contributed by atoms with Crippen molar-refractivity contribution in [1.82, 2.24) is 16.0 Å². The highest BCUT2D eigenvalue weighted by Gasteiger charge is 2.38. The van der Waals surface area contributed by atoms with Gasteiger partial charge in [0, 0.05) is 35.6 Å². The molecule has 5 amide bonds. The molecule has 0 unspecified atom stereocenters. The van der Waals surface area contributed by atoms with Crippen LogP contribution in [0.5, 0.6) is 0 Å². The first kappa shape index (κ1) is 42.4.